The van der Waals surface area contributed by atoms with Gasteiger partial charge in [-0.1, -0.05) is 237 Å². The largest absolute Gasteiger partial charge is 0.455 e. The number of anilines is 3. The van der Waals surface area contributed by atoms with E-state index < -0.39 is 5.41 Å². The van der Waals surface area contributed by atoms with E-state index in [0.717, 1.165) is 77.9 Å². The first-order valence-electron chi connectivity index (χ1n) is 24.5. The summed E-state index contributed by atoms with van der Waals surface area (Å²) < 4.78 is 7.26. The van der Waals surface area contributed by atoms with Gasteiger partial charge in [-0.2, -0.15) is 0 Å². The standard InChI is InChI=1S/C69H45NO/c1-4-18-46(19-5-1)48-34-39-54(40-35-48)70(65-43-38-52(47-20-6-2-7-21-47)45-60(65)49-22-8-3-9-23-49)55-27-16-26-53(44-55)56-31-17-33-62-66(56)59-30-14-15-32-61(59)69(62)63-41-36-50-24-10-12-28-57(50)67(63)71-68-58-29-13-11-25-51(58)37-42-64(68)69/h1-45H. The van der Waals surface area contributed by atoms with Gasteiger partial charge in [0, 0.05) is 38.8 Å². The first-order chi connectivity index (χ1) is 35.2. The highest BCUT2D eigenvalue weighted by Gasteiger charge is 2.52. The van der Waals surface area contributed by atoms with Crippen LogP contribution in [0.3, 0.4) is 0 Å². The Labute approximate surface area is 414 Å². The fourth-order valence-corrected chi connectivity index (χ4v) is 11.8. The van der Waals surface area contributed by atoms with Gasteiger partial charge in [0.05, 0.1) is 11.1 Å². The first-order valence-corrected chi connectivity index (χ1v) is 24.5. The summed E-state index contributed by atoms with van der Waals surface area (Å²) in [5.41, 5.74) is 19.3. The van der Waals surface area contributed by atoms with Crippen LogP contribution >= 0.6 is 0 Å². The summed E-state index contributed by atoms with van der Waals surface area (Å²) in [7, 11) is 0. The third-order valence-corrected chi connectivity index (χ3v) is 14.9. The quantitative estimate of drug-likeness (QED) is 0.158. The summed E-state index contributed by atoms with van der Waals surface area (Å²) in [6, 6.07) is 99.7. The normalized spacial score (nSPS) is 12.7. The number of benzene rings is 12. The molecule has 1 heterocycles. The molecule has 0 bridgehead atoms. The second-order valence-electron chi connectivity index (χ2n) is 18.7. The minimum Gasteiger partial charge on any atom is -0.455 e. The lowest BCUT2D eigenvalue weighted by atomic mass is 9.65. The highest BCUT2D eigenvalue weighted by molar-refractivity contribution is 6.03. The van der Waals surface area contributed by atoms with Crippen LogP contribution in [0.2, 0.25) is 0 Å². The average Bonchev–Trinajstić information content (AvgIpc) is 3.74. The van der Waals surface area contributed by atoms with Gasteiger partial charge in [-0.05, 0) is 108 Å². The van der Waals surface area contributed by atoms with Crippen LogP contribution in [0.4, 0.5) is 17.1 Å². The lowest BCUT2D eigenvalue weighted by Crippen LogP contribution is -2.32. The van der Waals surface area contributed by atoms with Crippen LogP contribution in [0.5, 0.6) is 11.5 Å². The number of nitrogens with zero attached hydrogens (tertiary/aromatic N) is 1. The molecule has 71 heavy (non-hydrogen) atoms. The van der Waals surface area contributed by atoms with E-state index in [1.807, 2.05) is 0 Å². The zero-order chi connectivity index (χ0) is 46.9. The average molecular weight is 904 g/mol. The Kier molecular flexibility index (Phi) is 9.47. The zero-order valence-corrected chi connectivity index (χ0v) is 38.8. The third-order valence-electron chi connectivity index (χ3n) is 14.9. The lowest BCUT2D eigenvalue weighted by molar-refractivity contribution is 0.447. The molecule has 0 amide bonds. The van der Waals surface area contributed by atoms with Crippen LogP contribution in [0.1, 0.15) is 22.3 Å². The molecule has 332 valence electrons. The van der Waals surface area contributed by atoms with Crippen molar-refractivity contribution in [3.63, 3.8) is 0 Å². The zero-order valence-electron chi connectivity index (χ0n) is 38.8. The molecule has 0 fully saturated rings. The van der Waals surface area contributed by atoms with Gasteiger partial charge in [0.2, 0.25) is 0 Å². The Morgan fingerprint density at radius 3 is 1.46 bits per heavy atom. The summed E-state index contributed by atoms with van der Waals surface area (Å²) >= 11 is 0. The van der Waals surface area contributed by atoms with E-state index in [4.69, 9.17) is 4.74 Å². The molecule has 12 aromatic rings. The van der Waals surface area contributed by atoms with Gasteiger partial charge in [-0.15, -0.1) is 0 Å². The second-order valence-corrected chi connectivity index (χ2v) is 18.7. The molecule has 14 rings (SSSR count). The van der Waals surface area contributed by atoms with Crippen LogP contribution < -0.4 is 9.64 Å². The number of rotatable bonds is 7. The van der Waals surface area contributed by atoms with Crippen molar-refractivity contribution in [3.8, 4) is 67.1 Å². The van der Waals surface area contributed by atoms with Crippen molar-refractivity contribution in [2.45, 2.75) is 5.41 Å². The molecule has 2 aliphatic rings. The van der Waals surface area contributed by atoms with Crippen LogP contribution in [0.15, 0.2) is 273 Å². The Hall–Kier alpha value is -9.24. The molecule has 12 aromatic carbocycles. The van der Waals surface area contributed by atoms with Crippen LogP contribution in [-0.4, -0.2) is 0 Å². The third kappa shape index (κ3) is 6.42. The van der Waals surface area contributed by atoms with E-state index in [0.29, 0.717) is 0 Å². The van der Waals surface area contributed by atoms with Crippen molar-refractivity contribution in [2.75, 3.05) is 4.90 Å². The van der Waals surface area contributed by atoms with E-state index in [2.05, 4.69) is 278 Å². The van der Waals surface area contributed by atoms with E-state index in [-0.39, 0.29) is 0 Å². The Morgan fingerprint density at radius 1 is 0.282 bits per heavy atom. The van der Waals surface area contributed by atoms with Crippen molar-refractivity contribution >= 4 is 38.6 Å². The monoisotopic (exact) mass is 903 g/mol. The minimum atomic E-state index is -0.645. The summed E-state index contributed by atoms with van der Waals surface area (Å²) in [5.74, 6) is 1.84. The molecule has 1 spiro atoms. The number of fused-ring (bicyclic) bond motifs is 13. The van der Waals surface area contributed by atoms with E-state index in [1.54, 1.807) is 0 Å². The number of hydrogen-bond acceptors (Lipinski definition) is 2. The maximum atomic E-state index is 7.26. The van der Waals surface area contributed by atoms with Crippen molar-refractivity contribution in [1.82, 2.24) is 0 Å². The molecule has 0 atom stereocenters. The van der Waals surface area contributed by atoms with E-state index >= 15 is 0 Å². The smallest absolute Gasteiger partial charge is 0.140 e. The predicted molar refractivity (Wildman–Crippen MR) is 295 cm³/mol. The van der Waals surface area contributed by atoms with E-state index in [1.165, 1.54) is 50.1 Å². The van der Waals surface area contributed by atoms with Crippen molar-refractivity contribution in [1.29, 1.82) is 0 Å². The fraction of sp³-hybridized carbons (Fsp3) is 0.0145. The summed E-state index contributed by atoms with van der Waals surface area (Å²) in [6.07, 6.45) is 0. The van der Waals surface area contributed by atoms with Crippen molar-refractivity contribution in [3.05, 3.63) is 295 Å². The van der Waals surface area contributed by atoms with Gasteiger partial charge in [0.1, 0.15) is 11.5 Å². The summed E-state index contributed by atoms with van der Waals surface area (Å²) in [4.78, 5) is 2.44. The van der Waals surface area contributed by atoms with Crippen LogP contribution in [0, 0.1) is 0 Å². The van der Waals surface area contributed by atoms with Gasteiger partial charge in [-0.3, -0.25) is 0 Å². The van der Waals surface area contributed by atoms with Gasteiger partial charge in [-0.25, -0.2) is 0 Å². The molecule has 0 saturated heterocycles. The maximum absolute atomic E-state index is 7.26. The molecule has 0 unspecified atom stereocenters. The Balaban J connectivity index is 0.998. The molecule has 0 radical (unpaired) electrons. The van der Waals surface area contributed by atoms with Gasteiger partial charge in [0.25, 0.3) is 0 Å². The van der Waals surface area contributed by atoms with Gasteiger partial charge < -0.3 is 9.64 Å². The Bertz CT molecular complexity index is 3920. The molecular formula is C69H45NO. The topological polar surface area (TPSA) is 12.5 Å². The second kappa shape index (κ2) is 16.5. The number of hydrogen-bond donors (Lipinski definition) is 0. The fourth-order valence-electron chi connectivity index (χ4n) is 11.8. The molecule has 2 nitrogen and oxygen atoms in total. The molecule has 0 saturated carbocycles. The molecular weight excluding hydrogens is 859 g/mol. The lowest BCUT2D eigenvalue weighted by Gasteiger charge is -2.40. The van der Waals surface area contributed by atoms with Crippen molar-refractivity contribution < 1.29 is 4.74 Å². The van der Waals surface area contributed by atoms with E-state index in [9.17, 15) is 0 Å². The molecule has 1 aliphatic heterocycles. The SMILES string of the molecule is c1ccc(-c2ccc(N(c3cccc(-c4cccc5c4-c4ccccc4C54c5ccc6ccccc6c5Oc5c4ccc4ccccc54)c3)c3ccc(-c4ccccc4)cc3-c3ccccc3)cc2)cc1. The first kappa shape index (κ1) is 40.8. The maximum Gasteiger partial charge on any atom is 0.140 e. The molecule has 0 aromatic heterocycles. The highest BCUT2D eigenvalue weighted by atomic mass is 16.5. The summed E-state index contributed by atoms with van der Waals surface area (Å²) in [5, 5.41) is 4.54. The molecule has 1 aliphatic carbocycles. The predicted octanol–water partition coefficient (Wildman–Crippen LogP) is 18.6. The van der Waals surface area contributed by atoms with Crippen LogP contribution in [0.25, 0.3) is 77.2 Å². The summed E-state index contributed by atoms with van der Waals surface area (Å²) in [6.45, 7) is 0. The Morgan fingerprint density at radius 2 is 0.789 bits per heavy atom. The molecule has 2 heteroatoms. The van der Waals surface area contributed by atoms with Crippen LogP contribution in [-0.2, 0) is 5.41 Å². The van der Waals surface area contributed by atoms with Gasteiger partial charge in [0.15, 0.2) is 0 Å². The molecule has 0 N–H and O–H groups in total. The highest BCUT2D eigenvalue weighted by Crippen LogP contribution is 2.65. The number of ether oxygens (including phenoxy) is 1. The van der Waals surface area contributed by atoms with Crippen molar-refractivity contribution in [2.24, 2.45) is 0 Å². The van der Waals surface area contributed by atoms with Gasteiger partial charge >= 0.3 is 0 Å². The minimum absolute atomic E-state index is 0.645.